The van der Waals surface area contributed by atoms with Crippen molar-refractivity contribution < 1.29 is 9.47 Å². The van der Waals surface area contributed by atoms with E-state index in [0.29, 0.717) is 0 Å². The number of hydrogen-bond donors (Lipinski definition) is 1. The van der Waals surface area contributed by atoms with Gasteiger partial charge in [-0.3, -0.25) is 0 Å². The van der Waals surface area contributed by atoms with E-state index >= 15 is 0 Å². The number of nitrogens with one attached hydrogen (secondary N) is 1. The van der Waals surface area contributed by atoms with Gasteiger partial charge in [0.1, 0.15) is 0 Å². The predicted octanol–water partition coefficient (Wildman–Crippen LogP) is 4.62. The molecule has 0 bridgehead atoms. The molecule has 0 amide bonds. The summed E-state index contributed by atoms with van der Waals surface area (Å²) < 4.78 is 10.4. The molecule has 0 aliphatic rings. The van der Waals surface area contributed by atoms with E-state index in [4.69, 9.17) is 9.47 Å². The third-order valence-electron chi connectivity index (χ3n) is 3.74. The van der Waals surface area contributed by atoms with Crippen molar-refractivity contribution >= 4 is 5.69 Å². The van der Waals surface area contributed by atoms with E-state index in [0.717, 1.165) is 13.0 Å². The second-order valence-electron chi connectivity index (χ2n) is 5.50. The first kappa shape index (κ1) is 18.0. The van der Waals surface area contributed by atoms with Crippen molar-refractivity contribution in [1.29, 1.82) is 0 Å². The van der Waals surface area contributed by atoms with Crippen LogP contribution < -0.4 is 5.32 Å². The van der Waals surface area contributed by atoms with E-state index in [2.05, 4.69) is 36.5 Å². The second kappa shape index (κ2) is 11.6. The summed E-state index contributed by atoms with van der Waals surface area (Å²) in [6.45, 7) is 3.32. The minimum atomic E-state index is -0.160. The van der Waals surface area contributed by atoms with Crippen LogP contribution in [0.25, 0.3) is 0 Å². The summed E-state index contributed by atoms with van der Waals surface area (Å²) in [6, 6.07) is 8.53. The van der Waals surface area contributed by atoms with Gasteiger partial charge in [0, 0.05) is 32.9 Å². The first-order chi connectivity index (χ1) is 10.3. The third-order valence-corrected chi connectivity index (χ3v) is 3.74. The third kappa shape index (κ3) is 8.08. The lowest BCUT2D eigenvalue weighted by atomic mass is 10.1. The summed E-state index contributed by atoms with van der Waals surface area (Å²) in [5.41, 5.74) is 2.42. The summed E-state index contributed by atoms with van der Waals surface area (Å²) in [4.78, 5) is 0. The van der Waals surface area contributed by atoms with Gasteiger partial charge in [-0.25, -0.2) is 0 Å². The fourth-order valence-electron chi connectivity index (χ4n) is 2.35. The quantitative estimate of drug-likeness (QED) is 0.450. The molecule has 0 heterocycles. The average Bonchev–Trinajstić information content (AvgIpc) is 2.53. The maximum absolute atomic E-state index is 5.22. The highest BCUT2D eigenvalue weighted by Crippen LogP contribution is 2.13. The highest BCUT2D eigenvalue weighted by molar-refractivity contribution is 5.44. The smallest absolute Gasteiger partial charge is 0.160 e. The average molecular weight is 293 g/mol. The summed E-state index contributed by atoms with van der Waals surface area (Å²) in [6.07, 6.45) is 8.64. The van der Waals surface area contributed by atoms with E-state index in [1.807, 2.05) is 0 Å². The molecular formula is C18H31NO2. The van der Waals surface area contributed by atoms with Gasteiger partial charge >= 0.3 is 0 Å². The topological polar surface area (TPSA) is 30.5 Å². The Kier molecular flexibility index (Phi) is 9.92. The van der Waals surface area contributed by atoms with Crippen LogP contribution in [0, 0.1) is 0 Å². The Morgan fingerprint density at radius 3 is 2.14 bits per heavy atom. The fraction of sp³-hybridized carbons (Fsp3) is 0.667. The monoisotopic (exact) mass is 293 g/mol. The molecule has 1 aromatic carbocycles. The zero-order chi connectivity index (χ0) is 15.3. The Balaban J connectivity index is 2.19. The first-order valence-corrected chi connectivity index (χ1v) is 8.18. The van der Waals surface area contributed by atoms with E-state index in [1.165, 1.54) is 49.8 Å². The van der Waals surface area contributed by atoms with Gasteiger partial charge in [-0.1, -0.05) is 51.2 Å². The molecule has 1 N–H and O–H groups in total. The van der Waals surface area contributed by atoms with Gasteiger partial charge in [0.05, 0.1) is 0 Å². The minimum absolute atomic E-state index is 0.160. The van der Waals surface area contributed by atoms with Crippen molar-refractivity contribution in [3.05, 3.63) is 29.8 Å². The Morgan fingerprint density at radius 2 is 1.52 bits per heavy atom. The normalized spacial score (nSPS) is 11.0. The predicted molar refractivity (Wildman–Crippen MR) is 89.8 cm³/mol. The van der Waals surface area contributed by atoms with Crippen molar-refractivity contribution in [1.82, 2.24) is 0 Å². The summed E-state index contributed by atoms with van der Waals surface area (Å²) in [5.74, 6) is 0. The lowest BCUT2D eigenvalue weighted by molar-refractivity contribution is -0.100. The number of benzene rings is 1. The van der Waals surface area contributed by atoms with Crippen LogP contribution in [0.2, 0.25) is 0 Å². The van der Waals surface area contributed by atoms with Crippen LogP contribution in [-0.4, -0.2) is 27.1 Å². The van der Waals surface area contributed by atoms with Crippen molar-refractivity contribution in [3.63, 3.8) is 0 Å². The zero-order valence-electron chi connectivity index (χ0n) is 13.9. The molecule has 0 aromatic heterocycles. The minimum Gasteiger partial charge on any atom is -0.385 e. The lowest BCUT2D eigenvalue weighted by Gasteiger charge is -2.13. The molecule has 120 valence electrons. The molecular weight excluding hydrogens is 262 g/mol. The van der Waals surface area contributed by atoms with Crippen LogP contribution in [0.1, 0.15) is 51.0 Å². The van der Waals surface area contributed by atoms with E-state index in [9.17, 15) is 0 Å². The number of unbranched alkanes of at least 4 members (excludes halogenated alkanes) is 5. The lowest BCUT2D eigenvalue weighted by Crippen LogP contribution is -2.15. The highest BCUT2D eigenvalue weighted by atomic mass is 16.7. The Bertz CT molecular complexity index is 347. The van der Waals surface area contributed by atoms with Gasteiger partial charge < -0.3 is 14.8 Å². The van der Waals surface area contributed by atoms with Gasteiger partial charge in [-0.15, -0.1) is 0 Å². The van der Waals surface area contributed by atoms with Gasteiger partial charge in [0.2, 0.25) is 0 Å². The van der Waals surface area contributed by atoms with Gasteiger partial charge in [-0.2, -0.15) is 0 Å². The number of ether oxygens (including phenoxy) is 2. The fourth-order valence-corrected chi connectivity index (χ4v) is 2.35. The van der Waals surface area contributed by atoms with Crippen LogP contribution in [0.5, 0.6) is 0 Å². The molecule has 1 aromatic rings. The van der Waals surface area contributed by atoms with Crippen LogP contribution in [0.15, 0.2) is 24.3 Å². The van der Waals surface area contributed by atoms with Crippen LogP contribution in [0.4, 0.5) is 5.69 Å². The van der Waals surface area contributed by atoms with Crippen molar-refractivity contribution in [3.8, 4) is 0 Å². The molecule has 0 unspecified atom stereocenters. The number of anilines is 1. The molecule has 0 atom stereocenters. The largest absolute Gasteiger partial charge is 0.385 e. The van der Waals surface area contributed by atoms with Gasteiger partial charge in [0.15, 0.2) is 6.29 Å². The molecule has 0 fully saturated rings. The Morgan fingerprint density at radius 1 is 0.905 bits per heavy atom. The molecule has 0 radical (unpaired) electrons. The standard InChI is InChI=1S/C18H31NO2/c1-4-5-6-7-8-9-14-19-17-12-10-16(11-13-17)15-18(20-2)21-3/h10-13,18-19H,4-9,14-15H2,1-3H3. The molecule has 21 heavy (non-hydrogen) atoms. The molecule has 0 saturated carbocycles. The van der Waals surface area contributed by atoms with Crippen LogP contribution in [0.3, 0.4) is 0 Å². The van der Waals surface area contributed by atoms with Crippen molar-refractivity contribution in [2.45, 2.75) is 58.2 Å². The Labute approximate surface area is 130 Å². The molecule has 0 aliphatic heterocycles. The first-order valence-electron chi connectivity index (χ1n) is 8.18. The molecule has 0 aliphatic carbocycles. The molecule has 0 spiro atoms. The number of methoxy groups -OCH3 is 2. The highest BCUT2D eigenvalue weighted by Gasteiger charge is 2.06. The molecule has 0 saturated heterocycles. The second-order valence-corrected chi connectivity index (χ2v) is 5.50. The summed E-state index contributed by atoms with van der Waals surface area (Å²) in [5, 5.41) is 3.48. The van der Waals surface area contributed by atoms with Crippen LogP contribution in [-0.2, 0) is 15.9 Å². The zero-order valence-corrected chi connectivity index (χ0v) is 13.9. The summed E-state index contributed by atoms with van der Waals surface area (Å²) >= 11 is 0. The number of rotatable bonds is 12. The summed E-state index contributed by atoms with van der Waals surface area (Å²) in [7, 11) is 3.34. The van der Waals surface area contributed by atoms with E-state index in [-0.39, 0.29) is 6.29 Å². The van der Waals surface area contributed by atoms with Crippen LogP contribution >= 0.6 is 0 Å². The van der Waals surface area contributed by atoms with Gasteiger partial charge in [0.25, 0.3) is 0 Å². The van der Waals surface area contributed by atoms with E-state index in [1.54, 1.807) is 14.2 Å². The van der Waals surface area contributed by atoms with E-state index < -0.39 is 0 Å². The number of hydrogen-bond acceptors (Lipinski definition) is 3. The SMILES string of the molecule is CCCCCCCCNc1ccc(CC(OC)OC)cc1. The van der Waals surface area contributed by atoms with Crippen molar-refractivity contribution in [2.75, 3.05) is 26.1 Å². The Hall–Kier alpha value is -1.06. The molecule has 1 rings (SSSR count). The molecule has 3 heteroatoms. The van der Waals surface area contributed by atoms with Crippen molar-refractivity contribution in [2.24, 2.45) is 0 Å². The maximum Gasteiger partial charge on any atom is 0.160 e. The maximum atomic E-state index is 5.22. The molecule has 3 nitrogen and oxygen atoms in total. The van der Waals surface area contributed by atoms with Gasteiger partial charge in [-0.05, 0) is 24.1 Å².